The van der Waals surface area contributed by atoms with Crippen LogP contribution >= 0.6 is 11.8 Å². The average molecular weight is 371 g/mol. The molecule has 1 unspecified atom stereocenters. The van der Waals surface area contributed by atoms with Crippen molar-refractivity contribution in [3.8, 4) is 17.1 Å². The van der Waals surface area contributed by atoms with Gasteiger partial charge in [0.25, 0.3) is 0 Å². The fraction of sp³-hybridized carbons (Fsp3) is 0.500. The van der Waals surface area contributed by atoms with E-state index in [1.165, 1.54) is 44.9 Å². The first-order chi connectivity index (χ1) is 12.7. The van der Waals surface area contributed by atoms with Gasteiger partial charge in [-0.3, -0.25) is 0 Å². The number of hydrogen-bond acceptors (Lipinski definition) is 4. The van der Waals surface area contributed by atoms with Gasteiger partial charge >= 0.3 is 5.63 Å². The van der Waals surface area contributed by atoms with Crippen LogP contribution in [0.15, 0.2) is 45.6 Å². The Morgan fingerprint density at radius 3 is 2.46 bits per heavy atom. The van der Waals surface area contributed by atoms with E-state index in [1.54, 1.807) is 6.07 Å². The van der Waals surface area contributed by atoms with Crippen LogP contribution in [0, 0.1) is 5.92 Å². The monoisotopic (exact) mass is 370 g/mol. The molecule has 0 saturated heterocycles. The van der Waals surface area contributed by atoms with Crippen LogP contribution in [0.1, 0.15) is 50.5 Å². The fourth-order valence-electron chi connectivity index (χ4n) is 3.88. The molecule has 1 heterocycles. The minimum atomic E-state index is -0.390. The highest BCUT2D eigenvalue weighted by atomic mass is 32.2. The van der Waals surface area contributed by atoms with Crippen molar-refractivity contribution in [3.63, 3.8) is 0 Å². The summed E-state index contributed by atoms with van der Waals surface area (Å²) in [5, 5.41) is 11.7. The van der Waals surface area contributed by atoms with Crippen LogP contribution < -0.4 is 5.63 Å². The average Bonchev–Trinajstić information content (AvgIpc) is 3.50. The van der Waals surface area contributed by atoms with Crippen LogP contribution in [0.25, 0.3) is 11.3 Å². The number of benzene rings is 1. The van der Waals surface area contributed by atoms with Crippen molar-refractivity contribution in [2.24, 2.45) is 5.92 Å². The van der Waals surface area contributed by atoms with E-state index in [0.717, 1.165) is 5.56 Å². The summed E-state index contributed by atoms with van der Waals surface area (Å²) >= 11 is 2.06. The molecule has 2 saturated carbocycles. The van der Waals surface area contributed by atoms with E-state index in [1.807, 2.05) is 30.3 Å². The van der Waals surface area contributed by atoms with Crippen LogP contribution in [0.4, 0.5) is 0 Å². The molecule has 1 N–H and O–H groups in total. The molecule has 0 spiro atoms. The first-order valence-electron chi connectivity index (χ1n) is 9.77. The van der Waals surface area contributed by atoms with E-state index in [0.29, 0.717) is 34.2 Å². The van der Waals surface area contributed by atoms with Crippen molar-refractivity contribution in [1.29, 1.82) is 0 Å². The van der Waals surface area contributed by atoms with E-state index in [4.69, 9.17) is 4.42 Å². The maximum Gasteiger partial charge on any atom is 0.343 e. The molecule has 4 heteroatoms. The van der Waals surface area contributed by atoms with E-state index in [-0.39, 0.29) is 5.75 Å². The van der Waals surface area contributed by atoms with Gasteiger partial charge < -0.3 is 9.52 Å². The van der Waals surface area contributed by atoms with E-state index < -0.39 is 5.63 Å². The van der Waals surface area contributed by atoms with Crippen LogP contribution in [0.3, 0.4) is 0 Å². The molecule has 0 amide bonds. The molecule has 2 aliphatic rings. The Morgan fingerprint density at radius 2 is 1.81 bits per heavy atom. The third kappa shape index (κ3) is 4.17. The highest BCUT2D eigenvalue weighted by Crippen LogP contribution is 2.44. The van der Waals surface area contributed by atoms with Crippen molar-refractivity contribution in [3.05, 3.63) is 52.4 Å². The first kappa shape index (κ1) is 17.7. The lowest BCUT2D eigenvalue weighted by Gasteiger charge is -2.26. The smallest absolute Gasteiger partial charge is 0.343 e. The lowest BCUT2D eigenvalue weighted by molar-refractivity contribution is 0.438. The second-order valence-corrected chi connectivity index (χ2v) is 9.15. The number of aromatic hydroxyl groups is 1. The number of hydrogen-bond donors (Lipinski definition) is 1. The Labute approximate surface area is 158 Å². The third-order valence-corrected chi connectivity index (χ3v) is 7.31. The van der Waals surface area contributed by atoms with Gasteiger partial charge in [-0.25, -0.2) is 4.79 Å². The van der Waals surface area contributed by atoms with Gasteiger partial charge in [0.05, 0.1) is 5.56 Å². The summed E-state index contributed by atoms with van der Waals surface area (Å²) < 4.78 is 5.54. The Hall–Kier alpha value is -1.68. The zero-order valence-corrected chi connectivity index (χ0v) is 15.8. The highest BCUT2D eigenvalue weighted by molar-refractivity contribution is 8.00. The van der Waals surface area contributed by atoms with Gasteiger partial charge in [-0.2, -0.15) is 11.8 Å². The summed E-state index contributed by atoms with van der Waals surface area (Å²) in [6.07, 6.45) is 9.72. The molecule has 0 bridgehead atoms. The summed E-state index contributed by atoms with van der Waals surface area (Å²) in [6, 6.07) is 11.1. The molecule has 138 valence electrons. The first-order valence-corrected chi connectivity index (χ1v) is 10.7. The van der Waals surface area contributed by atoms with Gasteiger partial charge in [0, 0.05) is 22.1 Å². The highest BCUT2D eigenvalue weighted by Gasteiger charge is 2.35. The molecule has 1 atom stereocenters. The van der Waals surface area contributed by atoms with Crippen molar-refractivity contribution < 1.29 is 9.52 Å². The molecule has 0 radical (unpaired) electrons. The molecular formula is C22H26O3S. The Morgan fingerprint density at radius 1 is 1.08 bits per heavy atom. The maximum absolute atomic E-state index is 12.6. The Bertz CT molecular complexity index is 789. The van der Waals surface area contributed by atoms with Crippen molar-refractivity contribution in [2.45, 2.75) is 61.9 Å². The molecule has 2 aromatic rings. The van der Waals surface area contributed by atoms with Gasteiger partial charge in [0.2, 0.25) is 0 Å². The van der Waals surface area contributed by atoms with Gasteiger partial charge in [0.15, 0.2) is 0 Å². The molecule has 2 aliphatic carbocycles. The maximum atomic E-state index is 12.6. The van der Waals surface area contributed by atoms with Crippen LogP contribution in [0.5, 0.6) is 5.75 Å². The standard InChI is InChI=1S/C22H26O3S/c23-19-14-20(15-7-3-1-4-8-15)25-22(24)18(19)13-21(16-11-12-16)26-17-9-5-2-6-10-17/h1,3-4,7-8,14,16-17,21,23H,2,5-6,9-13H2. The van der Waals surface area contributed by atoms with E-state index >= 15 is 0 Å². The predicted octanol–water partition coefficient (Wildman–Crippen LogP) is 5.40. The van der Waals surface area contributed by atoms with Crippen molar-refractivity contribution >= 4 is 11.8 Å². The van der Waals surface area contributed by atoms with Gasteiger partial charge in [0.1, 0.15) is 11.5 Å². The second-order valence-electron chi connectivity index (χ2n) is 7.60. The summed E-state index contributed by atoms with van der Waals surface area (Å²) in [5.41, 5.74) is 0.866. The lowest BCUT2D eigenvalue weighted by atomic mass is 10.0. The minimum absolute atomic E-state index is 0.0787. The molecular weight excluding hydrogens is 344 g/mol. The molecule has 1 aromatic heterocycles. The normalized spacial score (nSPS) is 19.4. The summed E-state index contributed by atoms with van der Waals surface area (Å²) in [4.78, 5) is 12.6. The minimum Gasteiger partial charge on any atom is -0.507 e. The zero-order valence-electron chi connectivity index (χ0n) is 15.0. The largest absolute Gasteiger partial charge is 0.507 e. The lowest BCUT2D eigenvalue weighted by Crippen LogP contribution is -2.21. The number of thioether (sulfide) groups is 1. The topological polar surface area (TPSA) is 50.4 Å². The van der Waals surface area contributed by atoms with Crippen LogP contribution in [-0.4, -0.2) is 15.6 Å². The van der Waals surface area contributed by atoms with E-state index in [9.17, 15) is 9.90 Å². The Balaban J connectivity index is 1.53. The second kappa shape index (κ2) is 7.91. The summed E-state index contributed by atoms with van der Waals surface area (Å²) in [5.74, 6) is 1.20. The predicted molar refractivity (Wildman–Crippen MR) is 107 cm³/mol. The number of rotatable bonds is 6. The fourth-order valence-corrected chi connectivity index (χ4v) is 5.74. The van der Waals surface area contributed by atoms with Crippen LogP contribution in [-0.2, 0) is 6.42 Å². The Kier molecular flexibility index (Phi) is 5.39. The van der Waals surface area contributed by atoms with Crippen molar-refractivity contribution in [1.82, 2.24) is 0 Å². The van der Waals surface area contributed by atoms with Gasteiger partial charge in [-0.05, 0) is 38.0 Å². The van der Waals surface area contributed by atoms with E-state index in [2.05, 4.69) is 11.8 Å². The summed E-state index contributed by atoms with van der Waals surface area (Å²) in [6.45, 7) is 0. The molecule has 2 fully saturated rings. The third-order valence-electron chi connectivity index (χ3n) is 5.56. The molecule has 0 aliphatic heterocycles. The molecule has 1 aromatic carbocycles. The van der Waals surface area contributed by atoms with Gasteiger partial charge in [-0.15, -0.1) is 0 Å². The van der Waals surface area contributed by atoms with Crippen LogP contribution in [0.2, 0.25) is 0 Å². The molecule has 26 heavy (non-hydrogen) atoms. The molecule has 4 rings (SSSR count). The quantitative estimate of drug-likeness (QED) is 0.740. The van der Waals surface area contributed by atoms with Gasteiger partial charge in [-0.1, -0.05) is 49.6 Å². The SMILES string of the molecule is O=c1oc(-c2ccccc2)cc(O)c1CC(SC1CCCCC1)C1CC1. The zero-order chi connectivity index (χ0) is 17.9. The van der Waals surface area contributed by atoms with Crippen molar-refractivity contribution in [2.75, 3.05) is 0 Å². The summed E-state index contributed by atoms with van der Waals surface area (Å²) in [7, 11) is 0. The molecule has 3 nitrogen and oxygen atoms in total.